The number of rotatable bonds is 10. The van der Waals surface area contributed by atoms with E-state index in [0.29, 0.717) is 48.4 Å². The average molecular weight is 424 g/mol. The molecule has 1 aliphatic rings. The number of carboxylic acid groups (broad SMARTS) is 1. The molecule has 1 heterocycles. The van der Waals surface area contributed by atoms with E-state index in [1.807, 2.05) is 0 Å². The first-order valence-corrected chi connectivity index (χ1v) is 10.0. The van der Waals surface area contributed by atoms with Crippen molar-refractivity contribution in [2.75, 3.05) is 13.3 Å². The molecule has 0 saturated carbocycles. The minimum atomic E-state index is -0.832. The summed E-state index contributed by atoms with van der Waals surface area (Å²) >= 11 is 0. The van der Waals surface area contributed by atoms with E-state index in [0.717, 1.165) is 0 Å². The molecule has 0 aromatic heterocycles. The van der Waals surface area contributed by atoms with Gasteiger partial charge in [-0.15, -0.1) is 0 Å². The topological polar surface area (TPSA) is 114 Å². The molecule has 0 radical (unpaired) electrons. The number of amides is 2. The van der Waals surface area contributed by atoms with E-state index in [4.69, 9.17) is 14.6 Å². The Morgan fingerprint density at radius 3 is 2.52 bits per heavy atom. The van der Waals surface area contributed by atoms with Gasteiger partial charge in [0, 0.05) is 18.5 Å². The number of ether oxygens (including phenoxy) is 2. The summed E-state index contributed by atoms with van der Waals surface area (Å²) in [6, 6.07) is 13.8. The van der Waals surface area contributed by atoms with Crippen molar-refractivity contribution < 1.29 is 29.0 Å². The van der Waals surface area contributed by atoms with Crippen molar-refractivity contribution in [3.63, 3.8) is 0 Å². The molecule has 2 aromatic rings. The van der Waals surface area contributed by atoms with Gasteiger partial charge in [-0.2, -0.15) is 0 Å². The Morgan fingerprint density at radius 1 is 0.968 bits per heavy atom. The Hall–Kier alpha value is -3.81. The summed E-state index contributed by atoms with van der Waals surface area (Å²) in [4.78, 5) is 35.9. The molecular formula is C23H24N2O6. The lowest BCUT2D eigenvalue weighted by molar-refractivity contribution is -0.137. The fourth-order valence-corrected chi connectivity index (χ4v) is 2.99. The predicted octanol–water partition coefficient (Wildman–Crippen LogP) is 2.95. The van der Waals surface area contributed by atoms with Crippen molar-refractivity contribution in [3.8, 4) is 11.5 Å². The van der Waals surface area contributed by atoms with Crippen LogP contribution in [0.15, 0.2) is 54.2 Å². The molecule has 0 atom stereocenters. The van der Waals surface area contributed by atoms with Crippen molar-refractivity contribution in [1.82, 2.24) is 10.6 Å². The van der Waals surface area contributed by atoms with E-state index in [1.54, 1.807) is 54.6 Å². The number of aliphatic carboxylic acids is 1. The second-order valence-electron chi connectivity index (χ2n) is 6.95. The molecule has 162 valence electrons. The van der Waals surface area contributed by atoms with Gasteiger partial charge in [-0.3, -0.25) is 14.4 Å². The highest BCUT2D eigenvalue weighted by atomic mass is 16.7. The second-order valence-corrected chi connectivity index (χ2v) is 6.95. The normalized spacial score (nSPS) is 12.3. The van der Waals surface area contributed by atoms with Crippen LogP contribution in [0.5, 0.6) is 11.5 Å². The lowest BCUT2D eigenvalue weighted by Crippen LogP contribution is -2.35. The maximum atomic E-state index is 12.7. The molecular weight excluding hydrogens is 400 g/mol. The minimum Gasteiger partial charge on any atom is -0.481 e. The van der Waals surface area contributed by atoms with E-state index >= 15 is 0 Å². The average Bonchev–Trinajstić information content (AvgIpc) is 3.23. The van der Waals surface area contributed by atoms with Crippen LogP contribution in [-0.4, -0.2) is 36.2 Å². The van der Waals surface area contributed by atoms with Crippen molar-refractivity contribution >= 4 is 23.9 Å². The van der Waals surface area contributed by atoms with Crippen LogP contribution in [0.2, 0.25) is 0 Å². The first-order chi connectivity index (χ1) is 15.0. The summed E-state index contributed by atoms with van der Waals surface area (Å²) < 4.78 is 10.7. The van der Waals surface area contributed by atoms with Crippen LogP contribution in [0, 0.1) is 0 Å². The van der Waals surface area contributed by atoms with Gasteiger partial charge in [0.15, 0.2) is 11.5 Å². The lowest BCUT2D eigenvalue weighted by atomic mass is 10.1. The highest BCUT2D eigenvalue weighted by molar-refractivity contribution is 6.05. The van der Waals surface area contributed by atoms with Gasteiger partial charge in [0.1, 0.15) is 5.70 Å². The Morgan fingerprint density at radius 2 is 1.74 bits per heavy atom. The third-order valence-corrected chi connectivity index (χ3v) is 4.59. The zero-order valence-electron chi connectivity index (χ0n) is 16.9. The summed E-state index contributed by atoms with van der Waals surface area (Å²) in [5.74, 6) is -0.467. The maximum Gasteiger partial charge on any atom is 0.303 e. The van der Waals surface area contributed by atoms with Crippen LogP contribution in [-0.2, 0) is 9.59 Å². The number of hydrogen-bond acceptors (Lipinski definition) is 5. The van der Waals surface area contributed by atoms with Gasteiger partial charge in [-0.1, -0.05) is 30.7 Å². The zero-order chi connectivity index (χ0) is 22.1. The maximum absolute atomic E-state index is 12.7. The molecule has 2 aromatic carbocycles. The summed E-state index contributed by atoms with van der Waals surface area (Å²) in [6.07, 6.45) is 3.56. The van der Waals surface area contributed by atoms with Gasteiger partial charge < -0.3 is 25.2 Å². The second kappa shape index (κ2) is 10.8. The van der Waals surface area contributed by atoms with E-state index < -0.39 is 17.8 Å². The number of carbonyl (C=O) groups is 3. The van der Waals surface area contributed by atoms with Gasteiger partial charge in [0.05, 0.1) is 0 Å². The first-order valence-electron chi connectivity index (χ1n) is 10.0. The molecule has 0 saturated heterocycles. The highest BCUT2D eigenvalue weighted by Gasteiger charge is 2.16. The lowest BCUT2D eigenvalue weighted by Gasteiger charge is -2.11. The van der Waals surface area contributed by atoms with Crippen molar-refractivity contribution in [1.29, 1.82) is 0 Å². The molecule has 3 rings (SSSR count). The summed E-state index contributed by atoms with van der Waals surface area (Å²) in [7, 11) is 0. The SMILES string of the molecule is O=C(O)CCCCCNC(=O)C(=Cc1ccc2c(c1)OCO2)NC(=O)c1ccccc1. The smallest absolute Gasteiger partial charge is 0.303 e. The molecule has 3 N–H and O–H groups in total. The number of hydrogen-bond donors (Lipinski definition) is 3. The number of nitrogens with one attached hydrogen (secondary N) is 2. The summed E-state index contributed by atoms with van der Waals surface area (Å²) in [5.41, 5.74) is 1.20. The van der Waals surface area contributed by atoms with Gasteiger partial charge >= 0.3 is 5.97 Å². The van der Waals surface area contributed by atoms with Crippen molar-refractivity contribution in [2.24, 2.45) is 0 Å². The molecule has 31 heavy (non-hydrogen) atoms. The molecule has 0 spiro atoms. The van der Waals surface area contributed by atoms with E-state index in [-0.39, 0.29) is 18.9 Å². The predicted molar refractivity (Wildman–Crippen MR) is 114 cm³/mol. The molecule has 2 amide bonds. The van der Waals surface area contributed by atoms with Crippen LogP contribution in [0.3, 0.4) is 0 Å². The number of carbonyl (C=O) groups excluding carboxylic acids is 2. The van der Waals surface area contributed by atoms with Crippen LogP contribution in [0.25, 0.3) is 6.08 Å². The summed E-state index contributed by atoms with van der Waals surface area (Å²) in [5, 5.41) is 14.1. The third-order valence-electron chi connectivity index (χ3n) is 4.59. The Bertz CT molecular complexity index is 971. The van der Waals surface area contributed by atoms with Crippen LogP contribution < -0.4 is 20.1 Å². The van der Waals surface area contributed by atoms with Gasteiger partial charge in [0.25, 0.3) is 11.8 Å². The minimum absolute atomic E-state index is 0.0956. The summed E-state index contributed by atoms with van der Waals surface area (Å²) in [6.45, 7) is 0.514. The van der Waals surface area contributed by atoms with E-state index in [9.17, 15) is 14.4 Å². The number of fused-ring (bicyclic) bond motifs is 1. The standard InChI is InChI=1S/C23H24N2O6/c26-21(27)9-5-2-6-12-24-23(29)18(25-22(28)17-7-3-1-4-8-17)13-16-10-11-19-20(14-16)31-15-30-19/h1,3-4,7-8,10-11,13-14H,2,5-6,9,12,15H2,(H,24,29)(H,25,28)(H,26,27). The number of benzene rings is 2. The molecule has 8 nitrogen and oxygen atoms in total. The fraction of sp³-hybridized carbons (Fsp3) is 0.261. The zero-order valence-corrected chi connectivity index (χ0v) is 16.9. The highest BCUT2D eigenvalue weighted by Crippen LogP contribution is 2.33. The molecule has 0 bridgehead atoms. The van der Waals surface area contributed by atoms with Gasteiger partial charge in [0.2, 0.25) is 6.79 Å². The molecule has 1 aliphatic heterocycles. The van der Waals surface area contributed by atoms with Crippen LogP contribution >= 0.6 is 0 Å². The van der Waals surface area contributed by atoms with Gasteiger partial charge in [-0.25, -0.2) is 0 Å². The van der Waals surface area contributed by atoms with Crippen molar-refractivity contribution in [3.05, 3.63) is 65.4 Å². The van der Waals surface area contributed by atoms with E-state index in [2.05, 4.69) is 10.6 Å². The Labute approximate surface area is 179 Å². The van der Waals surface area contributed by atoms with Gasteiger partial charge in [-0.05, 0) is 48.7 Å². The molecule has 8 heteroatoms. The number of carboxylic acids is 1. The number of unbranched alkanes of at least 4 members (excludes halogenated alkanes) is 2. The first kappa shape index (κ1) is 21.9. The van der Waals surface area contributed by atoms with E-state index in [1.165, 1.54) is 0 Å². The molecule has 0 unspecified atom stereocenters. The molecule has 0 fully saturated rings. The molecule has 0 aliphatic carbocycles. The largest absolute Gasteiger partial charge is 0.481 e. The van der Waals surface area contributed by atoms with Crippen molar-refractivity contribution in [2.45, 2.75) is 25.7 Å². The van der Waals surface area contributed by atoms with Crippen LogP contribution in [0.1, 0.15) is 41.6 Å². The third kappa shape index (κ3) is 6.60. The van der Waals surface area contributed by atoms with Crippen LogP contribution in [0.4, 0.5) is 0 Å². The Balaban J connectivity index is 1.68. The fourth-order valence-electron chi connectivity index (χ4n) is 2.99. The quantitative estimate of drug-likeness (QED) is 0.399. The monoisotopic (exact) mass is 424 g/mol. The Kier molecular flexibility index (Phi) is 7.64.